The first-order valence-electron chi connectivity index (χ1n) is 6.98. The highest BCUT2D eigenvalue weighted by Crippen LogP contribution is 2.23. The van der Waals surface area contributed by atoms with Crippen LogP contribution in [0.1, 0.15) is 11.3 Å². The number of halogens is 3. The van der Waals surface area contributed by atoms with Gasteiger partial charge in [-0.25, -0.2) is 4.68 Å². The normalized spacial score (nSPS) is 10.8. The van der Waals surface area contributed by atoms with Crippen molar-refractivity contribution < 1.29 is 17.9 Å². The molecule has 1 aromatic heterocycles. The first-order chi connectivity index (χ1) is 11.5. The van der Waals surface area contributed by atoms with Crippen molar-refractivity contribution in [3.05, 3.63) is 78.1 Å². The Morgan fingerprint density at radius 2 is 1.58 bits per heavy atom. The third kappa shape index (κ3) is 4.17. The molecule has 120 valence electrons. The maximum absolute atomic E-state index is 12.1. The Balaban J connectivity index is 1.75. The summed E-state index contributed by atoms with van der Waals surface area (Å²) in [4.78, 5) is 0. The molecule has 0 saturated carbocycles. The lowest BCUT2D eigenvalue weighted by molar-refractivity contribution is -0.274. The van der Waals surface area contributed by atoms with E-state index < -0.39 is 6.36 Å². The molecule has 0 unspecified atom stereocenters. The van der Waals surface area contributed by atoms with Crippen LogP contribution in [-0.2, 0) is 0 Å². The van der Waals surface area contributed by atoms with E-state index in [1.807, 2.05) is 30.3 Å². The SMILES string of the molecule is FC(F)(F)Oc1ccc(-n2ccc(C#Cc3ccccc3)n2)cc1. The minimum absolute atomic E-state index is 0.275. The van der Waals surface area contributed by atoms with Crippen molar-refractivity contribution in [2.24, 2.45) is 0 Å². The van der Waals surface area contributed by atoms with E-state index in [1.54, 1.807) is 12.3 Å². The number of aromatic nitrogens is 2. The molecule has 0 amide bonds. The smallest absolute Gasteiger partial charge is 0.406 e. The van der Waals surface area contributed by atoms with Gasteiger partial charge in [0.1, 0.15) is 11.4 Å². The summed E-state index contributed by atoms with van der Waals surface area (Å²) in [5.74, 6) is 5.65. The Hall–Kier alpha value is -3.20. The molecule has 0 N–H and O–H groups in total. The third-order valence-corrected chi connectivity index (χ3v) is 3.03. The average molecular weight is 328 g/mol. The van der Waals surface area contributed by atoms with Crippen LogP contribution in [-0.4, -0.2) is 16.1 Å². The van der Waals surface area contributed by atoms with E-state index in [0.717, 1.165) is 5.56 Å². The van der Waals surface area contributed by atoms with E-state index in [0.29, 0.717) is 11.4 Å². The lowest BCUT2D eigenvalue weighted by Crippen LogP contribution is -2.17. The number of nitrogens with zero attached hydrogens (tertiary/aromatic N) is 2. The lowest BCUT2D eigenvalue weighted by Gasteiger charge is -2.09. The molecule has 0 spiro atoms. The van der Waals surface area contributed by atoms with Gasteiger partial charge in [0, 0.05) is 11.8 Å². The molecule has 0 aliphatic rings. The molecule has 0 aliphatic heterocycles. The molecule has 24 heavy (non-hydrogen) atoms. The fourth-order valence-electron chi connectivity index (χ4n) is 1.99. The Kier molecular flexibility index (Phi) is 4.25. The highest BCUT2D eigenvalue weighted by atomic mass is 19.4. The molecule has 3 rings (SSSR count). The van der Waals surface area contributed by atoms with Crippen molar-refractivity contribution in [1.29, 1.82) is 0 Å². The van der Waals surface area contributed by atoms with Gasteiger partial charge in [-0.1, -0.05) is 24.1 Å². The Morgan fingerprint density at radius 1 is 0.875 bits per heavy atom. The van der Waals surface area contributed by atoms with Crippen LogP contribution in [0.15, 0.2) is 66.9 Å². The zero-order valence-corrected chi connectivity index (χ0v) is 12.3. The van der Waals surface area contributed by atoms with Crippen LogP contribution >= 0.6 is 0 Å². The van der Waals surface area contributed by atoms with Crippen LogP contribution in [0.3, 0.4) is 0 Å². The molecule has 2 aromatic carbocycles. The predicted molar refractivity (Wildman–Crippen MR) is 82.7 cm³/mol. The van der Waals surface area contributed by atoms with Gasteiger partial charge in [0.05, 0.1) is 5.69 Å². The van der Waals surface area contributed by atoms with Gasteiger partial charge < -0.3 is 4.74 Å². The number of hydrogen-bond acceptors (Lipinski definition) is 2. The van der Waals surface area contributed by atoms with Crippen LogP contribution in [0.5, 0.6) is 5.75 Å². The standard InChI is InChI=1S/C18H11F3N2O/c19-18(20,21)24-17-10-8-16(9-11-17)23-13-12-15(22-23)7-6-14-4-2-1-3-5-14/h1-5,8-13H. The van der Waals surface area contributed by atoms with Gasteiger partial charge in [-0.15, -0.1) is 13.2 Å². The third-order valence-electron chi connectivity index (χ3n) is 3.03. The zero-order chi connectivity index (χ0) is 17.0. The summed E-state index contributed by atoms with van der Waals surface area (Å²) in [7, 11) is 0. The molecule has 0 radical (unpaired) electrons. The van der Waals surface area contributed by atoms with Crippen molar-refractivity contribution in [3.63, 3.8) is 0 Å². The molecule has 0 saturated heterocycles. The monoisotopic (exact) mass is 328 g/mol. The molecule has 0 atom stereocenters. The lowest BCUT2D eigenvalue weighted by atomic mass is 10.2. The van der Waals surface area contributed by atoms with Crippen LogP contribution < -0.4 is 4.74 Å². The number of alkyl halides is 3. The number of hydrogen-bond donors (Lipinski definition) is 0. The van der Waals surface area contributed by atoms with Crippen LogP contribution in [0.4, 0.5) is 13.2 Å². The second-order valence-electron chi connectivity index (χ2n) is 4.80. The summed E-state index contributed by atoms with van der Waals surface area (Å²) >= 11 is 0. The van der Waals surface area contributed by atoms with Gasteiger partial charge in [0.25, 0.3) is 0 Å². The fraction of sp³-hybridized carbons (Fsp3) is 0.0556. The van der Waals surface area contributed by atoms with Crippen molar-refractivity contribution in [3.8, 4) is 23.3 Å². The molecule has 0 fully saturated rings. The molecule has 3 nitrogen and oxygen atoms in total. The highest BCUT2D eigenvalue weighted by molar-refractivity contribution is 5.41. The summed E-state index contributed by atoms with van der Waals surface area (Å²) in [5.41, 5.74) is 2.05. The van der Waals surface area contributed by atoms with E-state index in [1.165, 1.54) is 28.9 Å². The number of rotatable bonds is 2. The molecule has 6 heteroatoms. The Bertz CT molecular complexity index is 872. The largest absolute Gasteiger partial charge is 0.573 e. The molecule has 0 aliphatic carbocycles. The first-order valence-corrected chi connectivity index (χ1v) is 6.98. The van der Waals surface area contributed by atoms with Gasteiger partial charge in [0.15, 0.2) is 0 Å². The Morgan fingerprint density at radius 3 is 2.25 bits per heavy atom. The quantitative estimate of drug-likeness (QED) is 0.660. The van der Waals surface area contributed by atoms with Crippen LogP contribution in [0, 0.1) is 11.8 Å². The topological polar surface area (TPSA) is 27.1 Å². The van der Waals surface area contributed by atoms with Gasteiger partial charge in [-0.3, -0.25) is 0 Å². The number of ether oxygens (including phenoxy) is 1. The van der Waals surface area contributed by atoms with Crippen LogP contribution in [0.25, 0.3) is 5.69 Å². The van der Waals surface area contributed by atoms with E-state index >= 15 is 0 Å². The van der Waals surface area contributed by atoms with Crippen molar-refractivity contribution in [1.82, 2.24) is 9.78 Å². The van der Waals surface area contributed by atoms with Gasteiger partial charge in [-0.05, 0) is 48.4 Å². The van der Waals surface area contributed by atoms with Crippen molar-refractivity contribution in [2.75, 3.05) is 0 Å². The minimum atomic E-state index is -4.70. The maximum atomic E-state index is 12.1. The van der Waals surface area contributed by atoms with Crippen LogP contribution in [0.2, 0.25) is 0 Å². The molecular formula is C18H11F3N2O. The summed E-state index contributed by atoms with van der Waals surface area (Å²) in [5, 5.41) is 4.28. The van der Waals surface area contributed by atoms with E-state index in [2.05, 4.69) is 21.7 Å². The summed E-state index contributed by atoms with van der Waals surface area (Å²) < 4.78 is 41.8. The maximum Gasteiger partial charge on any atom is 0.573 e. The molecule has 3 aromatic rings. The second kappa shape index (κ2) is 6.50. The summed E-state index contributed by atoms with van der Waals surface area (Å²) in [6, 6.07) is 16.7. The van der Waals surface area contributed by atoms with E-state index in [4.69, 9.17) is 0 Å². The minimum Gasteiger partial charge on any atom is -0.406 e. The molecular weight excluding hydrogens is 317 g/mol. The van der Waals surface area contributed by atoms with Crippen molar-refractivity contribution >= 4 is 0 Å². The van der Waals surface area contributed by atoms with E-state index in [9.17, 15) is 13.2 Å². The summed E-state index contributed by atoms with van der Waals surface area (Å²) in [6.45, 7) is 0. The van der Waals surface area contributed by atoms with Gasteiger partial charge in [0.2, 0.25) is 0 Å². The predicted octanol–water partition coefficient (Wildman–Crippen LogP) is 4.17. The van der Waals surface area contributed by atoms with Gasteiger partial charge in [-0.2, -0.15) is 5.10 Å². The molecule has 1 heterocycles. The zero-order valence-electron chi connectivity index (χ0n) is 12.3. The average Bonchev–Trinajstić information content (AvgIpc) is 3.02. The molecule has 0 bridgehead atoms. The highest BCUT2D eigenvalue weighted by Gasteiger charge is 2.30. The van der Waals surface area contributed by atoms with E-state index in [-0.39, 0.29) is 5.75 Å². The fourth-order valence-corrected chi connectivity index (χ4v) is 1.99. The number of benzene rings is 2. The Labute approximate surface area is 136 Å². The first kappa shape index (κ1) is 15.7. The second-order valence-corrected chi connectivity index (χ2v) is 4.80. The van der Waals surface area contributed by atoms with Crippen molar-refractivity contribution in [2.45, 2.75) is 6.36 Å². The summed E-state index contributed by atoms with van der Waals surface area (Å²) in [6.07, 6.45) is -3.01. The van der Waals surface area contributed by atoms with Gasteiger partial charge >= 0.3 is 6.36 Å².